The Kier molecular flexibility index (Phi) is 8.25. The van der Waals surface area contributed by atoms with Crippen LogP contribution in [0.2, 0.25) is 0 Å². The van der Waals surface area contributed by atoms with Gasteiger partial charge in [-0.05, 0) is 46.9 Å². The summed E-state index contributed by atoms with van der Waals surface area (Å²) < 4.78 is 32.0. The number of ether oxygens (including phenoxy) is 1. The summed E-state index contributed by atoms with van der Waals surface area (Å²) in [7, 11) is -3.15. The molecule has 3 aromatic rings. The Morgan fingerprint density at radius 1 is 0.867 bits per heavy atom. The molecule has 6 heteroatoms. The van der Waals surface area contributed by atoms with Crippen molar-refractivity contribution in [3.8, 4) is 5.75 Å². The molecule has 0 radical (unpaired) electrons. The third-order valence-corrected chi connectivity index (χ3v) is 6.39. The van der Waals surface area contributed by atoms with Crippen LogP contribution in [-0.2, 0) is 23.0 Å². The van der Waals surface area contributed by atoms with Crippen LogP contribution < -0.4 is 14.8 Å². The van der Waals surface area contributed by atoms with Crippen LogP contribution in [0.1, 0.15) is 24.5 Å². The molecule has 0 unspecified atom stereocenters. The van der Waals surface area contributed by atoms with Crippen LogP contribution in [0.15, 0.2) is 66.7 Å². The number of hydrogen-bond donors (Lipinski definition) is 2. The summed E-state index contributed by atoms with van der Waals surface area (Å²) in [5.74, 6) is 1.03. The molecular formula is C24H30N2O3S. The van der Waals surface area contributed by atoms with E-state index in [-0.39, 0.29) is 5.75 Å². The minimum atomic E-state index is -3.15. The molecule has 0 aliphatic heterocycles. The summed E-state index contributed by atoms with van der Waals surface area (Å²) >= 11 is 0. The Labute approximate surface area is 179 Å². The topological polar surface area (TPSA) is 67.4 Å². The van der Waals surface area contributed by atoms with Gasteiger partial charge in [0, 0.05) is 19.6 Å². The van der Waals surface area contributed by atoms with Crippen LogP contribution in [0.5, 0.6) is 5.75 Å². The number of hydrogen-bond acceptors (Lipinski definition) is 4. The molecular weight excluding hydrogens is 396 g/mol. The molecule has 2 N–H and O–H groups in total. The molecule has 3 rings (SSSR count). The number of sulfonamides is 1. The summed E-state index contributed by atoms with van der Waals surface area (Å²) in [6, 6.07) is 22.6. The van der Waals surface area contributed by atoms with Gasteiger partial charge in [-0.25, -0.2) is 13.1 Å². The van der Waals surface area contributed by atoms with Gasteiger partial charge in [-0.15, -0.1) is 0 Å². The third-order valence-electron chi connectivity index (χ3n) is 4.80. The van der Waals surface area contributed by atoms with Gasteiger partial charge >= 0.3 is 0 Å². The largest absolute Gasteiger partial charge is 0.492 e. The Balaban J connectivity index is 1.46. The van der Waals surface area contributed by atoms with Gasteiger partial charge in [0.05, 0.1) is 5.75 Å². The molecule has 0 saturated heterocycles. The van der Waals surface area contributed by atoms with Gasteiger partial charge in [0.1, 0.15) is 12.4 Å². The van der Waals surface area contributed by atoms with E-state index >= 15 is 0 Å². The second-order valence-electron chi connectivity index (χ2n) is 7.32. The maximum Gasteiger partial charge on any atom is 0.211 e. The summed E-state index contributed by atoms with van der Waals surface area (Å²) in [4.78, 5) is 0. The molecule has 0 aromatic heterocycles. The van der Waals surface area contributed by atoms with Crippen molar-refractivity contribution in [2.75, 3.05) is 25.4 Å². The lowest BCUT2D eigenvalue weighted by molar-refractivity contribution is 0.314. The number of benzene rings is 3. The molecule has 0 aliphatic rings. The normalized spacial score (nSPS) is 11.6. The lowest BCUT2D eigenvalue weighted by Crippen LogP contribution is -2.28. The minimum Gasteiger partial charge on any atom is -0.492 e. The Morgan fingerprint density at radius 2 is 1.63 bits per heavy atom. The maximum absolute atomic E-state index is 11.7. The molecule has 0 fully saturated rings. The molecule has 0 atom stereocenters. The molecule has 5 nitrogen and oxygen atoms in total. The molecule has 3 aromatic carbocycles. The first kappa shape index (κ1) is 22.3. The van der Waals surface area contributed by atoms with Crippen molar-refractivity contribution in [3.05, 3.63) is 77.9 Å². The van der Waals surface area contributed by atoms with Gasteiger partial charge in [0.25, 0.3) is 0 Å². The van der Waals surface area contributed by atoms with Crippen molar-refractivity contribution in [1.29, 1.82) is 0 Å². The van der Waals surface area contributed by atoms with E-state index in [1.54, 1.807) is 0 Å². The Bertz CT molecular complexity index is 1040. The fourth-order valence-electron chi connectivity index (χ4n) is 3.28. The van der Waals surface area contributed by atoms with E-state index < -0.39 is 10.0 Å². The first-order chi connectivity index (χ1) is 14.6. The van der Waals surface area contributed by atoms with Crippen LogP contribution >= 0.6 is 0 Å². The monoisotopic (exact) mass is 426 g/mol. The summed E-state index contributed by atoms with van der Waals surface area (Å²) in [6.45, 7) is 4.50. The van der Waals surface area contributed by atoms with Crippen LogP contribution in [0.3, 0.4) is 0 Å². The zero-order valence-corrected chi connectivity index (χ0v) is 18.3. The van der Waals surface area contributed by atoms with E-state index in [4.69, 9.17) is 4.74 Å². The first-order valence-corrected chi connectivity index (χ1v) is 12.1. The van der Waals surface area contributed by atoms with E-state index in [2.05, 4.69) is 34.3 Å². The molecule has 0 aliphatic carbocycles. The quantitative estimate of drug-likeness (QED) is 0.431. The van der Waals surface area contributed by atoms with E-state index in [9.17, 15) is 8.42 Å². The van der Waals surface area contributed by atoms with Crippen LogP contribution in [-0.4, -0.2) is 33.9 Å². The SMILES string of the molecule is CCCS(=O)(=O)NCCc1ccc2cc(OCCNCc3ccccc3)ccc2c1. The van der Waals surface area contributed by atoms with E-state index in [0.717, 1.165) is 35.2 Å². The maximum atomic E-state index is 11.7. The van der Waals surface area contributed by atoms with Crippen molar-refractivity contribution in [2.24, 2.45) is 0 Å². The fraction of sp³-hybridized carbons (Fsp3) is 0.333. The molecule has 160 valence electrons. The highest BCUT2D eigenvalue weighted by Gasteiger charge is 2.07. The van der Waals surface area contributed by atoms with Crippen molar-refractivity contribution < 1.29 is 13.2 Å². The van der Waals surface area contributed by atoms with Gasteiger partial charge in [-0.3, -0.25) is 0 Å². The van der Waals surface area contributed by atoms with Gasteiger partial charge in [-0.1, -0.05) is 61.5 Å². The summed E-state index contributed by atoms with van der Waals surface area (Å²) in [6.07, 6.45) is 1.29. The van der Waals surface area contributed by atoms with Gasteiger partial charge in [0.15, 0.2) is 0 Å². The van der Waals surface area contributed by atoms with E-state index in [1.165, 1.54) is 5.56 Å². The smallest absolute Gasteiger partial charge is 0.211 e. The van der Waals surface area contributed by atoms with E-state index in [0.29, 0.717) is 26.0 Å². The molecule has 0 saturated carbocycles. The first-order valence-electron chi connectivity index (χ1n) is 10.4. The van der Waals surface area contributed by atoms with Crippen LogP contribution in [0.4, 0.5) is 0 Å². The lowest BCUT2D eigenvalue weighted by atomic mass is 10.0. The Hall–Kier alpha value is -2.41. The predicted octanol–water partition coefficient (Wildman–Crippen LogP) is 3.88. The second kappa shape index (κ2) is 11.1. The minimum absolute atomic E-state index is 0.176. The van der Waals surface area contributed by atoms with Gasteiger partial charge < -0.3 is 10.1 Å². The number of nitrogens with one attached hydrogen (secondary N) is 2. The van der Waals surface area contributed by atoms with Gasteiger partial charge in [-0.2, -0.15) is 0 Å². The number of fused-ring (bicyclic) bond motifs is 1. The highest BCUT2D eigenvalue weighted by Crippen LogP contribution is 2.22. The molecule has 0 bridgehead atoms. The van der Waals surface area contributed by atoms with Crippen LogP contribution in [0, 0.1) is 0 Å². The standard InChI is InChI=1S/C24H30N2O3S/c1-2-16-30(27,28)26-13-12-20-8-9-23-18-24(11-10-22(23)17-20)29-15-14-25-19-21-6-4-3-5-7-21/h3-11,17-18,25-26H,2,12-16,19H2,1H3. The van der Waals surface area contributed by atoms with Gasteiger partial charge in [0.2, 0.25) is 10.0 Å². The molecule has 0 spiro atoms. The summed E-state index contributed by atoms with van der Waals surface area (Å²) in [5.41, 5.74) is 2.37. The highest BCUT2D eigenvalue weighted by molar-refractivity contribution is 7.89. The third kappa shape index (κ3) is 7.13. The lowest BCUT2D eigenvalue weighted by Gasteiger charge is -2.10. The zero-order chi connectivity index (χ0) is 21.2. The molecule has 30 heavy (non-hydrogen) atoms. The second-order valence-corrected chi connectivity index (χ2v) is 9.24. The predicted molar refractivity (Wildman–Crippen MR) is 123 cm³/mol. The highest BCUT2D eigenvalue weighted by atomic mass is 32.2. The van der Waals surface area contributed by atoms with Crippen LogP contribution in [0.25, 0.3) is 10.8 Å². The number of rotatable bonds is 12. The van der Waals surface area contributed by atoms with E-state index in [1.807, 2.05) is 49.4 Å². The zero-order valence-electron chi connectivity index (χ0n) is 17.4. The average Bonchev–Trinajstić information content (AvgIpc) is 2.74. The van der Waals surface area contributed by atoms with Crippen molar-refractivity contribution in [1.82, 2.24) is 10.0 Å². The van der Waals surface area contributed by atoms with Crippen molar-refractivity contribution >= 4 is 20.8 Å². The van der Waals surface area contributed by atoms with Crippen molar-refractivity contribution in [3.63, 3.8) is 0 Å². The summed E-state index contributed by atoms with van der Waals surface area (Å²) in [5, 5.41) is 5.62. The molecule has 0 heterocycles. The molecule has 0 amide bonds. The van der Waals surface area contributed by atoms with Crippen molar-refractivity contribution in [2.45, 2.75) is 26.3 Å². The average molecular weight is 427 g/mol. The fourth-order valence-corrected chi connectivity index (χ4v) is 4.37. The Morgan fingerprint density at radius 3 is 2.43 bits per heavy atom.